The lowest BCUT2D eigenvalue weighted by Crippen LogP contribution is -2.26. The lowest BCUT2D eigenvalue weighted by Gasteiger charge is -2.14. The van der Waals surface area contributed by atoms with Crippen molar-refractivity contribution >= 4 is 17.4 Å². The third-order valence-electron chi connectivity index (χ3n) is 5.01. The summed E-state index contributed by atoms with van der Waals surface area (Å²) in [4.78, 5) is 28.3. The second-order valence-electron chi connectivity index (χ2n) is 6.53. The van der Waals surface area contributed by atoms with Gasteiger partial charge in [-0.3, -0.25) is 9.59 Å². The number of aromatic nitrogens is 2. The molecule has 152 valence electrons. The van der Waals surface area contributed by atoms with Gasteiger partial charge in [-0.05, 0) is 30.2 Å². The maximum atomic E-state index is 13.0. The molecule has 0 amide bonds. The highest BCUT2D eigenvalue weighted by Gasteiger charge is 2.28. The van der Waals surface area contributed by atoms with E-state index in [4.69, 9.17) is 9.72 Å². The van der Waals surface area contributed by atoms with E-state index >= 15 is 0 Å². The predicted octanol–water partition coefficient (Wildman–Crippen LogP) is 2.67. The molecule has 3 heterocycles. The fourth-order valence-corrected chi connectivity index (χ4v) is 3.74. The standard InChI is InChI=1S/C20H18N2O5.C2H6/c1-11(25)13-6-18-19-14(7-22(18)20(26)16(13)9-27-10-24)15(8-23)12-4-2-3-5-17(12)21-19;1-2/h2-6,10-11,23,25H,7-9H2,1H3;1-2H3. The normalized spacial score (nSPS) is 12.6. The van der Waals surface area contributed by atoms with Gasteiger partial charge in [0.2, 0.25) is 0 Å². The molecule has 1 atom stereocenters. The van der Waals surface area contributed by atoms with Crippen LogP contribution in [0.4, 0.5) is 0 Å². The van der Waals surface area contributed by atoms with Crippen molar-refractivity contribution in [1.82, 2.24) is 9.55 Å². The van der Waals surface area contributed by atoms with Crippen molar-refractivity contribution in [2.75, 3.05) is 0 Å². The molecule has 4 rings (SSSR count). The van der Waals surface area contributed by atoms with Crippen LogP contribution in [-0.4, -0.2) is 26.2 Å². The van der Waals surface area contributed by atoms with Crippen LogP contribution in [0.2, 0.25) is 0 Å². The molecular weight excluding hydrogens is 372 g/mol. The van der Waals surface area contributed by atoms with Crippen molar-refractivity contribution in [2.45, 2.75) is 46.6 Å². The van der Waals surface area contributed by atoms with E-state index in [2.05, 4.69) is 0 Å². The Morgan fingerprint density at radius 3 is 2.66 bits per heavy atom. The Bertz CT molecular complexity index is 1120. The minimum absolute atomic E-state index is 0.168. The number of carbonyl (C=O) groups is 1. The van der Waals surface area contributed by atoms with Crippen LogP contribution in [0.3, 0.4) is 0 Å². The van der Waals surface area contributed by atoms with Gasteiger partial charge in [0.05, 0.1) is 41.7 Å². The zero-order valence-electron chi connectivity index (χ0n) is 16.7. The maximum absolute atomic E-state index is 13.0. The summed E-state index contributed by atoms with van der Waals surface area (Å²) in [5.74, 6) is 0. The fraction of sp³-hybridized carbons (Fsp3) is 0.318. The van der Waals surface area contributed by atoms with Gasteiger partial charge >= 0.3 is 0 Å². The first-order valence-electron chi connectivity index (χ1n) is 9.58. The van der Waals surface area contributed by atoms with Gasteiger partial charge in [-0.2, -0.15) is 0 Å². The van der Waals surface area contributed by atoms with Crippen molar-refractivity contribution in [2.24, 2.45) is 0 Å². The van der Waals surface area contributed by atoms with Crippen LogP contribution in [0, 0.1) is 0 Å². The zero-order chi connectivity index (χ0) is 21.1. The second-order valence-corrected chi connectivity index (χ2v) is 6.53. The minimum Gasteiger partial charge on any atom is -0.463 e. The summed E-state index contributed by atoms with van der Waals surface area (Å²) in [6, 6.07) is 9.21. The molecule has 3 aromatic rings. The number of carbonyl (C=O) groups excluding carboxylic acids is 1. The highest BCUT2D eigenvalue weighted by molar-refractivity contribution is 5.87. The first-order valence-corrected chi connectivity index (χ1v) is 9.58. The molecule has 1 unspecified atom stereocenters. The smallest absolute Gasteiger partial charge is 0.293 e. The molecule has 7 heteroatoms. The lowest BCUT2D eigenvalue weighted by molar-refractivity contribution is -0.129. The van der Waals surface area contributed by atoms with Gasteiger partial charge < -0.3 is 19.5 Å². The second kappa shape index (κ2) is 8.55. The minimum atomic E-state index is -0.907. The average Bonchev–Trinajstić information content (AvgIpc) is 3.11. The molecule has 0 aliphatic carbocycles. The number of aliphatic hydroxyl groups is 2. The zero-order valence-corrected chi connectivity index (χ0v) is 16.7. The Morgan fingerprint density at radius 2 is 2.00 bits per heavy atom. The summed E-state index contributed by atoms with van der Waals surface area (Å²) in [5.41, 5.74) is 3.77. The lowest BCUT2D eigenvalue weighted by atomic mass is 10.00. The third kappa shape index (κ3) is 3.43. The van der Waals surface area contributed by atoms with Crippen LogP contribution < -0.4 is 5.56 Å². The number of hydrogen-bond donors (Lipinski definition) is 2. The molecule has 0 bridgehead atoms. The molecule has 29 heavy (non-hydrogen) atoms. The summed E-state index contributed by atoms with van der Waals surface area (Å²) in [6.07, 6.45) is -0.907. The molecule has 1 aliphatic rings. The molecule has 1 aromatic carbocycles. The van der Waals surface area contributed by atoms with Crippen LogP contribution in [0.5, 0.6) is 0 Å². The Morgan fingerprint density at radius 1 is 1.28 bits per heavy atom. The van der Waals surface area contributed by atoms with Crippen LogP contribution in [-0.2, 0) is 29.3 Å². The van der Waals surface area contributed by atoms with Gasteiger partial charge in [-0.1, -0.05) is 32.0 Å². The fourth-order valence-electron chi connectivity index (χ4n) is 3.74. The Hall–Kier alpha value is -3.03. The Labute approximate surface area is 168 Å². The summed E-state index contributed by atoms with van der Waals surface area (Å²) < 4.78 is 6.32. The summed E-state index contributed by atoms with van der Waals surface area (Å²) in [5, 5.41) is 20.9. The molecule has 0 radical (unpaired) electrons. The molecule has 7 nitrogen and oxygen atoms in total. The number of aliphatic hydroxyl groups excluding tert-OH is 2. The number of fused-ring (bicyclic) bond motifs is 4. The molecule has 0 spiro atoms. The van der Waals surface area contributed by atoms with E-state index in [9.17, 15) is 19.8 Å². The van der Waals surface area contributed by atoms with Crippen molar-refractivity contribution in [3.8, 4) is 11.4 Å². The van der Waals surface area contributed by atoms with E-state index in [0.29, 0.717) is 17.0 Å². The van der Waals surface area contributed by atoms with Crippen LogP contribution in [0.15, 0.2) is 35.1 Å². The van der Waals surface area contributed by atoms with Crippen molar-refractivity contribution in [3.05, 3.63) is 62.9 Å². The SMILES string of the molecule is CC.CC(O)c1cc2n(c(=O)c1COC=O)Cc1c-2nc2ccccc2c1CO. The Kier molecular flexibility index (Phi) is 6.10. The molecular formula is C22H24N2O5. The van der Waals surface area contributed by atoms with E-state index in [-0.39, 0.29) is 37.4 Å². The van der Waals surface area contributed by atoms with Gasteiger partial charge in [-0.25, -0.2) is 4.98 Å². The van der Waals surface area contributed by atoms with Crippen molar-refractivity contribution in [1.29, 1.82) is 0 Å². The predicted molar refractivity (Wildman–Crippen MR) is 109 cm³/mol. The van der Waals surface area contributed by atoms with E-state index < -0.39 is 6.10 Å². The monoisotopic (exact) mass is 396 g/mol. The largest absolute Gasteiger partial charge is 0.463 e. The number of benzene rings is 1. The average molecular weight is 396 g/mol. The highest BCUT2D eigenvalue weighted by atomic mass is 16.5. The van der Waals surface area contributed by atoms with Crippen molar-refractivity contribution < 1.29 is 19.7 Å². The van der Waals surface area contributed by atoms with Gasteiger partial charge in [0, 0.05) is 10.9 Å². The highest BCUT2D eigenvalue weighted by Crippen LogP contribution is 2.36. The van der Waals surface area contributed by atoms with Crippen LogP contribution in [0.1, 0.15) is 49.1 Å². The maximum Gasteiger partial charge on any atom is 0.293 e. The molecule has 1 aliphatic heterocycles. The molecule has 2 aromatic heterocycles. The van der Waals surface area contributed by atoms with Crippen LogP contribution >= 0.6 is 0 Å². The summed E-state index contributed by atoms with van der Waals surface area (Å²) in [6.45, 7) is 5.72. The number of pyridine rings is 2. The van der Waals surface area contributed by atoms with E-state index in [0.717, 1.165) is 22.0 Å². The van der Waals surface area contributed by atoms with E-state index in [1.165, 1.54) is 0 Å². The van der Waals surface area contributed by atoms with Gasteiger partial charge in [-0.15, -0.1) is 0 Å². The van der Waals surface area contributed by atoms with E-state index in [1.807, 2.05) is 38.1 Å². The van der Waals surface area contributed by atoms with Crippen LogP contribution in [0.25, 0.3) is 22.3 Å². The first kappa shape index (κ1) is 20.7. The summed E-state index contributed by atoms with van der Waals surface area (Å²) in [7, 11) is 0. The molecule has 0 saturated heterocycles. The first-order chi connectivity index (χ1) is 14.1. The number of nitrogens with zero attached hydrogens (tertiary/aromatic N) is 2. The van der Waals surface area contributed by atoms with Gasteiger partial charge in [0.1, 0.15) is 6.61 Å². The number of para-hydroxylation sites is 1. The number of ether oxygens (including phenoxy) is 1. The topological polar surface area (TPSA) is 102 Å². The number of hydrogen-bond acceptors (Lipinski definition) is 6. The van der Waals surface area contributed by atoms with Crippen molar-refractivity contribution in [3.63, 3.8) is 0 Å². The quantitative estimate of drug-likeness (QED) is 0.503. The molecule has 2 N–H and O–H groups in total. The van der Waals surface area contributed by atoms with Gasteiger partial charge in [0.25, 0.3) is 12.0 Å². The number of rotatable bonds is 5. The molecule has 0 saturated carbocycles. The van der Waals surface area contributed by atoms with E-state index in [1.54, 1.807) is 17.6 Å². The summed E-state index contributed by atoms with van der Waals surface area (Å²) >= 11 is 0. The molecule has 0 fully saturated rings. The Balaban J connectivity index is 0.00000117. The van der Waals surface area contributed by atoms with Gasteiger partial charge in [0.15, 0.2) is 0 Å². The third-order valence-corrected chi connectivity index (χ3v) is 5.01.